The first kappa shape index (κ1) is 20.2. The van der Waals surface area contributed by atoms with E-state index in [-0.39, 0.29) is 31.1 Å². The van der Waals surface area contributed by atoms with Crippen LogP contribution >= 0.6 is 15.9 Å². The molecular formula is C18H19BrN2O4S2. The quantitative estimate of drug-likeness (QED) is 0.672. The largest absolute Gasteiger partial charge is 0.244 e. The van der Waals surface area contributed by atoms with Gasteiger partial charge in [0.2, 0.25) is 20.0 Å². The van der Waals surface area contributed by atoms with Gasteiger partial charge >= 0.3 is 0 Å². The molecule has 3 rings (SSSR count). The lowest BCUT2D eigenvalue weighted by Crippen LogP contribution is -2.50. The number of benzene rings is 2. The van der Waals surface area contributed by atoms with E-state index in [9.17, 15) is 16.8 Å². The van der Waals surface area contributed by atoms with Crippen LogP contribution in [-0.4, -0.2) is 51.6 Å². The van der Waals surface area contributed by atoms with Crippen LogP contribution in [0, 0.1) is 0 Å². The number of hydrogen-bond donors (Lipinski definition) is 0. The zero-order valence-corrected chi connectivity index (χ0v) is 17.6. The third kappa shape index (κ3) is 4.67. The molecule has 2 aromatic rings. The molecule has 0 radical (unpaired) electrons. The van der Waals surface area contributed by atoms with Crippen molar-refractivity contribution in [3.63, 3.8) is 0 Å². The second-order valence-electron chi connectivity index (χ2n) is 5.99. The molecule has 0 aliphatic carbocycles. The summed E-state index contributed by atoms with van der Waals surface area (Å²) >= 11 is 3.26. The smallest absolute Gasteiger partial charge is 0.208 e. The number of nitrogens with zero attached hydrogens (tertiary/aromatic N) is 2. The van der Waals surface area contributed by atoms with Gasteiger partial charge in [-0.05, 0) is 39.7 Å². The Bertz CT molecular complexity index is 1030. The van der Waals surface area contributed by atoms with Crippen molar-refractivity contribution in [3.8, 4) is 0 Å². The van der Waals surface area contributed by atoms with Gasteiger partial charge in [-0.15, -0.1) is 0 Å². The summed E-state index contributed by atoms with van der Waals surface area (Å²) in [5.74, 6) is 0. The molecule has 0 aromatic heterocycles. The second kappa shape index (κ2) is 8.24. The SMILES string of the molecule is O=S(=O)(C=Cc1ccccc1)N1CCN(S(=O)(=O)c2ccccc2Br)CC1. The van der Waals surface area contributed by atoms with Crippen LogP contribution < -0.4 is 0 Å². The number of sulfonamides is 2. The van der Waals surface area contributed by atoms with Crippen LogP contribution in [0.1, 0.15) is 5.56 Å². The Morgan fingerprint density at radius 1 is 0.778 bits per heavy atom. The van der Waals surface area contributed by atoms with E-state index in [1.165, 1.54) is 20.1 Å². The van der Waals surface area contributed by atoms with E-state index in [0.717, 1.165) is 5.56 Å². The van der Waals surface area contributed by atoms with Crippen molar-refractivity contribution in [1.82, 2.24) is 8.61 Å². The molecule has 0 saturated carbocycles. The summed E-state index contributed by atoms with van der Waals surface area (Å²) in [5, 5.41) is 1.17. The molecule has 144 valence electrons. The van der Waals surface area contributed by atoms with Crippen molar-refractivity contribution < 1.29 is 16.8 Å². The van der Waals surface area contributed by atoms with Crippen LogP contribution in [0.3, 0.4) is 0 Å². The monoisotopic (exact) mass is 470 g/mol. The van der Waals surface area contributed by atoms with Crippen molar-refractivity contribution in [2.45, 2.75) is 4.90 Å². The van der Waals surface area contributed by atoms with Gasteiger partial charge in [0.15, 0.2) is 0 Å². The minimum atomic E-state index is -3.67. The van der Waals surface area contributed by atoms with Crippen LogP contribution in [0.2, 0.25) is 0 Å². The number of piperazine rings is 1. The molecule has 6 nitrogen and oxygen atoms in total. The Hall–Kier alpha value is -1.52. The molecule has 0 atom stereocenters. The topological polar surface area (TPSA) is 74.8 Å². The first-order valence-corrected chi connectivity index (χ1v) is 12.0. The third-order valence-electron chi connectivity index (χ3n) is 4.24. The molecule has 0 amide bonds. The summed E-state index contributed by atoms with van der Waals surface area (Å²) in [7, 11) is -7.27. The molecule has 1 aliphatic heterocycles. The maximum atomic E-state index is 12.8. The van der Waals surface area contributed by atoms with Gasteiger partial charge in [-0.3, -0.25) is 0 Å². The molecule has 2 aromatic carbocycles. The van der Waals surface area contributed by atoms with Gasteiger partial charge in [0.1, 0.15) is 0 Å². The van der Waals surface area contributed by atoms with Crippen molar-refractivity contribution in [1.29, 1.82) is 0 Å². The van der Waals surface area contributed by atoms with Crippen LogP contribution in [0.4, 0.5) is 0 Å². The maximum absolute atomic E-state index is 12.8. The Morgan fingerprint density at radius 3 is 1.96 bits per heavy atom. The maximum Gasteiger partial charge on any atom is 0.244 e. The van der Waals surface area contributed by atoms with E-state index in [4.69, 9.17) is 0 Å². The highest BCUT2D eigenvalue weighted by molar-refractivity contribution is 9.10. The zero-order valence-electron chi connectivity index (χ0n) is 14.4. The highest BCUT2D eigenvalue weighted by Gasteiger charge is 2.32. The molecular weight excluding hydrogens is 452 g/mol. The molecule has 1 aliphatic rings. The van der Waals surface area contributed by atoms with Gasteiger partial charge in [-0.1, -0.05) is 42.5 Å². The number of rotatable bonds is 5. The van der Waals surface area contributed by atoms with E-state index >= 15 is 0 Å². The van der Waals surface area contributed by atoms with Gasteiger partial charge in [0.05, 0.1) is 4.90 Å². The van der Waals surface area contributed by atoms with Crippen LogP contribution in [0.5, 0.6) is 0 Å². The molecule has 27 heavy (non-hydrogen) atoms. The summed E-state index contributed by atoms with van der Waals surface area (Å²) in [6.07, 6.45) is 1.54. The fourth-order valence-electron chi connectivity index (χ4n) is 2.77. The lowest BCUT2D eigenvalue weighted by atomic mass is 10.2. The van der Waals surface area contributed by atoms with Gasteiger partial charge in [-0.2, -0.15) is 8.61 Å². The summed E-state index contributed by atoms with van der Waals surface area (Å²) in [6.45, 7) is 0.459. The lowest BCUT2D eigenvalue weighted by molar-refractivity contribution is 0.275. The fourth-order valence-corrected chi connectivity index (χ4v) is 6.33. The van der Waals surface area contributed by atoms with Crippen LogP contribution in [0.15, 0.2) is 69.4 Å². The molecule has 1 heterocycles. The molecule has 0 N–H and O–H groups in total. The predicted octanol–water partition coefficient (Wildman–Crippen LogP) is 2.76. The molecule has 0 bridgehead atoms. The number of hydrogen-bond acceptors (Lipinski definition) is 4. The van der Waals surface area contributed by atoms with Crippen molar-refractivity contribution in [2.75, 3.05) is 26.2 Å². The molecule has 1 fully saturated rings. The van der Waals surface area contributed by atoms with Gasteiger partial charge in [0, 0.05) is 36.1 Å². The van der Waals surface area contributed by atoms with Gasteiger partial charge < -0.3 is 0 Å². The zero-order chi connectivity index (χ0) is 19.5. The Balaban J connectivity index is 1.70. The first-order valence-electron chi connectivity index (χ1n) is 8.29. The summed E-state index contributed by atoms with van der Waals surface area (Å²) in [5.41, 5.74) is 0.788. The predicted molar refractivity (Wildman–Crippen MR) is 109 cm³/mol. The third-order valence-corrected chi connectivity index (χ3v) is 8.72. The first-order chi connectivity index (χ1) is 12.8. The van der Waals surface area contributed by atoms with Crippen molar-refractivity contribution in [3.05, 3.63) is 70.0 Å². The standard InChI is InChI=1S/C18H19BrN2O4S2/c19-17-8-4-5-9-18(17)27(24,25)21-13-11-20(12-14-21)26(22,23)15-10-16-6-2-1-3-7-16/h1-10,15H,11-14H2. The minimum absolute atomic E-state index is 0.113. The van der Waals surface area contributed by atoms with Gasteiger partial charge in [0.25, 0.3) is 0 Å². The Morgan fingerprint density at radius 2 is 1.33 bits per heavy atom. The van der Waals surface area contributed by atoms with Crippen LogP contribution in [0.25, 0.3) is 6.08 Å². The number of halogens is 1. The molecule has 9 heteroatoms. The van der Waals surface area contributed by atoms with Gasteiger partial charge in [-0.25, -0.2) is 16.8 Å². The summed E-state index contributed by atoms with van der Waals surface area (Å²) < 4.78 is 53.7. The summed E-state index contributed by atoms with van der Waals surface area (Å²) in [6, 6.07) is 15.8. The Kier molecular flexibility index (Phi) is 6.17. The van der Waals surface area contributed by atoms with Crippen molar-refractivity contribution in [2.24, 2.45) is 0 Å². The minimum Gasteiger partial charge on any atom is -0.208 e. The molecule has 1 saturated heterocycles. The normalized spacial score (nSPS) is 17.4. The van der Waals surface area contributed by atoms with E-state index < -0.39 is 20.0 Å². The fraction of sp³-hybridized carbons (Fsp3) is 0.222. The lowest BCUT2D eigenvalue weighted by Gasteiger charge is -2.32. The highest BCUT2D eigenvalue weighted by atomic mass is 79.9. The molecule has 0 unspecified atom stereocenters. The average molecular weight is 471 g/mol. The summed E-state index contributed by atoms with van der Waals surface area (Å²) in [4.78, 5) is 0.185. The van der Waals surface area contributed by atoms with E-state index in [2.05, 4.69) is 15.9 Å². The Labute approximate surface area is 168 Å². The van der Waals surface area contributed by atoms with E-state index in [0.29, 0.717) is 4.47 Å². The van der Waals surface area contributed by atoms with Crippen molar-refractivity contribution >= 4 is 42.1 Å². The van der Waals surface area contributed by atoms with E-state index in [1.54, 1.807) is 24.3 Å². The average Bonchev–Trinajstić information content (AvgIpc) is 2.67. The molecule has 0 spiro atoms. The van der Waals surface area contributed by atoms with E-state index in [1.807, 2.05) is 30.3 Å². The van der Waals surface area contributed by atoms with Crippen LogP contribution in [-0.2, 0) is 20.0 Å². The second-order valence-corrected chi connectivity index (χ2v) is 10.6. The highest BCUT2D eigenvalue weighted by Crippen LogP contribution is 2.26.